The molecule has 14 rings (SSSR count). The van der Waals surface area contributed by atoms with Gasteiger partial charge in [-0.15, -0.1) is 0 Å². The molecule has 0 aliphatic carbocycles. The number of carbonyl (C=O) groups excluding carboxylic acids is 4. The molecule has 0 spiro atoms. The highest BCUT2D eigenvalue weighted by Crippen LogP contribution is 2.39. The quantitative estimate of drug-likeness (QED) is 0.0803. The maximum atomic E-state index is 14.6. The predicted octanol–water partition coefficient (Wildman–Crippen LogP) is 22.0. The van der Waals surface area contributed by atoms with Crippen molar-refractivity contribution in [2.45, 2.75) is 0 Å². The van der Waals surface area contributed by atoms with Gasteiger partial charge < -0.3 is 0 Å². The first-order valence-corrected chi connectivity index (χ1v) is 31.3. The van der Waals surface area contributed by atoms with Crippen LogP contribution in [0.15, 0.2) is 358 Å². The Morgan fingerprint density at radius 3 is 0.479 bits per heavy atom. The third-order valence-corrected chi connectivity index (χ3v) is 17.3. The normalized spacial score (nSPS) is 11.0. The van der Waals surface area contributed by atoms with Crippen LogP contribution in [0.5, 0.6) is 0 Å². The molecule has 0 heterocycles. The molecule has 0 atom stereocenters. The van der Waals surface area contributed by atoms with Gasteiger partial charge in [0, 0.05) is 44.5 Å². The summed E-state index contributed by atoms with van der Waals surface area (Å²) in [4.78, 5) is 58.4. The van der Waals surface area contributed by atoms with E-state index in [1.165, 1.54) is 0 Å². The zero-order chi connectivity index (χ0) is 63.9. The molecule has 0 saturated carbocycles. The summed E-state index contributed by atoms with van der Waals surface area (Å²) in [5.41, 5.74) is 21.2. The molecule has 0 aromatic heterocycles. The number of benzene rings is 14. The van der Waals surface area contributed by atoms with Gasteiger partial charge >= 0.3 is 0 Å². The molecule has 0 N–H and O–H groups in total. The Bertz CT molecular complexity index is 4580. The molecular weight excluding hydrogens is 1140 g/mol. The molecule has 14 aromatic rings. The second kappa shape index (κ2) is 26.5. The Morgan fingerprint density at radius 1 is 0.149 bits per heavy atom. The van der Waals surface area contributed by atoms with Crippen LogP contribution in [0.3, 0.4) is 0 Å². The van der Waals surface area contributed by atoms with Crippen molar-refractivity contribution in [3.63, 3.8) is 0 Å². The van der Waals surface area contributed by atoms with Gasteiger partial charge in [-0.1, -0.05) is 273 Å². The summed E-state index contributed by atoms with van der Waals surface area (Å²) < 4.78 is 0. The van der Waals surface area contributed by atoms with E-state index < -0.39 is 0 Å². The molecule has 4 heteroatoms. The van der Waals surface area contributed by atoms with Crippen LogP contribution in [-0.4, -0.2) is 23.1 Å². The Morgan fingerprint density at radius 2 is 0.298 bits per heavy atom. The Kier molecular flexibility index (Phi) is 16.7. The molecule has 0 saturated heterocycles. The first-order chi connectivity index (χ1) is 46.1. The summed E-state index contributed by atoms with van der Waals surface area (Å²) >= 11 is 0. The van der Waals surface area contributed by atoms with Crippen molar-refractivity contribution in [2.75, 3.05) is 0 Å². The van der Waals surface area contributed by atoms with Crippen molar-refractivity contribution in [3.05, 3.63) is 414 Å². The monoisotopic (exact) mass is 1200 g/mol. The van der Waals surface area contributed by atoms with E-state index in [9.17, 15) is 19.2 Å². The van der Waals surface area contributed by atoms with E-state index in [2.05, 4.69) is 36.4 Å². The number of rotatable bonds is 18. The van der Waals surface area contributed by atoms with Crippen molar-refractivity contribution in [1.82, 2.24) is 0 Å². The van der Waals surface area contributed by atoms with Crippen LogP contribution < -0.4 is 0 Å². The Labute approximate surface area is 547 Å². The summed E-state index contributed by atoms with van der Waals surface area (Å²) in [6.07, 6.45) is 0. The van der Waals surface area contributed by atoms with Crippen LogP contribution >= 0.6 is 0 Å². The van der Waals surface area contributed by atoms with E-state index in [0.29, 0.717) is 50.1 Å². The Hall–Kier alpha value is -12.5. The second-order valence-corrected chi connectivity index (χ2v) is 23.5. The van der Waals surface area contributed by atoms with Crippen molar-refractivity contribution >= 4 is 28.7 Å². The number of ketones is 4. The lowest BCUT2D eigenvalue weighted by Gasteiger charge is -2.17. The lowest BCUT2D eigenvalue weighted by molar-refractivity contribution is 0.103. The van der Waals surface area contributed by atoms with E-state index in [4.69, 9.17) is 6.58 Å². The van der Waals surface area contributed by atoms with Gasteiger partial charge in [-0.2, -0.15) is 0 Å². The molecule has 4 nitrogen and oxygen atoms in total. The molecule has 0 aliphatic rings. The third-order valence-electron chi connectivity index (χ3n) is 17.3. The van der Waals surface area contributed by atoms with E-state index in [0.717, 1.165) is 100 Å². The SMILES string of the molecule is C=C(c1cc(-c2cccc(C(=O)c3cccc(-c4ccccc4)c3)c2)cc(-c2cccc(C(=O)c3cccc(-c4ccccc4)c3)c2)c1)c1cc(-c2cccc(C(=O)c3cccc(-c4ccccc4)c3)c2)cc(-c2cccc(C(=O)c3cccc(-c4ccccc4)c3)c2)c1. The molecule has 0 fully saturated rings. The van der Waals surface area contributed by atoms with Crippen LogP contribution in [0.1, 0.15) is 74.8 Å². The van der Waals surface area contributed by atoms with Gasteiger partial charge in [-0.3, -0.25) is 19.2 Å². The molecule has 0 unspecified atom stereocenters. The van der Waals surface area contributed by atoms with Gasteiger partial charge in [0.25, 0.3) is 0 Å². The lowest BCUT2D eigenvalue weighted by atomic mass is 9.87. The first kappa shape index (κ1) is 59.1. The average molecular weight is 1210 g/mol. The summed E-state index contributed by atoms with van der Waals surface area (Å²) in [5, 5.41) is 0. The van der Waals surface area contributed by atoms with Gasteiger partial charge in [0.1, 0.15) is 0 Å². The van der Waals surface area contributed by atoms with Crippen molar-refractivity contribution in [3.8, 4) is 89.0 Å². The fourth-order valence-electron chi connectivity index (χ4n) is 12.3. The average Bonchev–Trinajstić information content (AvgIpc) is 0.969. The fraction of sp³-hybridized carbons (Fsp3) is 0. The third kappa shape index (κ3) is 12.8. The molecule has 14 aromatic carbocycles. The van der Waals surface area contributed by atoms with Crippen molar-refractivity contribution in [1.29, 1.82) is 0 Å². The summed E-state index contributed by atoms with van der Waals surface area (Å²) in [6, 6.07) is 115. The predicted molar refractivity (Wildman–Crippen MR) is 384 cm³/mol. The lowest BCUT2D eigenvalue weighted by Crippen LogP contribution is -2.02. The van der Waals surface area contributed by atoms with E-state index in [1.807, 2.05) is 315 Å². The second-order valence-electron chi connectivity index (χ2n) is 23.5. The minimum Gasteiger partial charge on any atom is -0.289 e. The van der Waals surface area contributed by atoms with Crippen LogP contribution in [-0.2, 0) is 0 Å². The highest BCUT2D eigenvalue weighted by Gasteiger charge is 2.20. The van der Waals surface area contributed by atoms with Crippen LogP contribution in [0.25, 0.3) is 94.6 Å². The highest BCUT2D eigenvalue weighted by molar-refractivity contribution is 6.13. The molecule has 0 amide bonds. The van der Waals surface area contributed by atoms with E-state index in [1.54, 1.807) is 0 Å². The first-order valence-electron chi connectivity index (χ1n) is 31.3. The minimum atomic E-state index is -0.106. The highest BCUT2D eigenvalue weighted by atomic mass is 16.1. The van der Waals surface area contributed by atoms with Crippen LogP contribution in [0, 0.1) is 0 Å². The van der Waals surface area contributed by atoms with Gasteiger partial charge in [0.2, 0.25) is 0 Å². The summed E-state index contributed by atoms with van der Waals surface area (Å²) in [5.74, 6) is -0.425. The van der Waals surface area contributed by atoms with Crippen molar-refractivity contribution < 1.29 is 19.2 Å². The maximum absolute atomic E-state index is 14.6. The van der Waals surface area contributed by atoms with Crippen LogP contribution in [0.2, 0.25) is 0 Å². The number of hydrogen-bond acceptors (Lipinski definition) is 4. The maximum Gasteiger partial charge on any atom is 0.193 e. The molecule has 94 heavy (non-hydrogen) atoms. The minimum absolute atomic E-state index is 0.106. The largest absolute Gasteiger partial charge is 0.289 e. The number of carbonyl (C=O) groups is 4. The molecule has 0 radical (unpaired) electrons. The van der Waals surface area contributed by atoms with Gasteiger partial charge in [0.05, 0.1) is 0 Å². The van der Waals surface area contributed by atoms with Crippen LogP contribution in [0.4, 0.5) is 0 Å². The van der Waals surface area contributed by atoms with E-state index in [-0.39, 0.29) is 23.1 Å². The molecule has 0 bridgehead atoms. The zero-order valence-corrected chi connectivity index (χ0v) is 51.3. The summed E-state index contributed by atoms with van der Waals surface area (Å²) in [6.45, 7) is 4.89. The van der Waals surface area contributed by atoms with E-state index >= 15 is 0 Å². The topological polar surface area (TPSA) is 68.3 Å². The smallest absolute Gasteiger partial charge is 0.193 e. The molecule has 444 valence electrons. The molecule has 0 aliphatic heterocycles. The Balaban J connectivity index is 0.885. The zero-order valence-electron chi connectivity index (χ0n) is 51.3. The standard InChI is InChI=1S/C90H60O4/c1-60(81-54-83(69-34-18-42-77(50-69)87(91)73-38-14-30-65(46-73)61-22-6-2-7-23-61)58-84(55-81)70-35-19-43-78(51-70)88(92)74-39-15-31-66(47-74)62-24-8-3-9-25-62)82-56-85(71-36-20-44-79(52-71)89(93)75-40-16-32-67(48-75)63-26-10-4-11-27-63)59-86(57-82)72-37-21-45-80(53-72)90(94)76-41-17-33-68(49-76)64-28-12-5-13-29-64/h2-59H,1H2. The summed E-state index contributed by atoms with van der Waals surface area (Å²) in [7, 11) is 0. The van der Waals surface area contributed by atoms with Gasteiger partial charge in [-0.05, 0) is 191 Å². The fourth-order valence-corrected chi connectivity index (χ4v) is 12.3. The van der Waals surface area contributed by atoms with Crippen molar-refractivity contribution in [2.24, 2.45) is 0 Å². The van der Waals surface area contributed by atoms with Gasteiger partial charge in [-0.25, -0.2) is 0 Å². The number of hydrogen-bond donors (Lipinski definition) is 0. The van der Waals surface area contributed by atoms with Gasteiger partial charge in [0.15, 0.2) is 23.1 Å². The molecular formula is C90H60O4.